The van der Waals surface area contributed by atoms with Crippen LogP contribution in [0.25, 0.3) is 0 Å². The van der Waals surface area contributed by atoms with Crippen molar-refractivity contribution in [1.29, 1.82) is 0 Å². The normalized spacial score (nSPS) is 32.5. The highest BCUT2D eigenvalue weighted by atomic mass is 16.5. The molecule has 0 radical (unpaired) electrons. The van der Waals surface area contributed by atoms with Crippen molar-refractivity contribution < 1.29 is 9.53 Å². The zero-order valence-corrected chi connectivity index (χ0v) is 12.6. The Hall–Kier alpha value is -0.610. The summed E-state index contributed by atoms with van der Waals surface area (Å²) in [5.41, 5.74) is 0. The fourth-order valence-electron chi connectivity index (χ4n) is 3.98. The summed E-state index contributed by atoms with van der Waals surface area (Å²) < 4.78 is 5.86. The highest BCUT2D eigenvalue weighted by molar-refractivity contribution is 5.78. The third-order valence-electron chi connectivity index (χ3n) is 5.11. The molecule has 2 unspecified atom stereocenters. The van der Waals surface area contributed by atoms with Gasteiger partial charge >= 0.3 is 0 Å². The molecule has 2 heterocycles. The zero-order chi connectivity index (χ0) is 13.8. The molecule has 0 aromatic rings. The highest BCUT2D eigenvalue weighted by Crippen LogP contribution is 2.28. The van der Waals surface area contributed by atoms with Gasteiger partial charge in [0.05, 0.1) is 25.3 Å². The third-order valence-corrected chi connectivity index (χ3v) is 5.11. The van der Waals surface area contributed by atoms with Gasteiger partial charge in [0.2, 0.25) is 5.91 Å². The van der Waals surface area contributed by atoms with Crippen molar-refractivity contribution in [3.63, 3.8) is 0 Å². The van der Waals surface area contributed by atoms with Crippen LogP contribution in [0.2, 0.25) is 0 Å². The number of hydrogen-bond acceptors (Lipinski definition) is 3. The molecule has 3 fully saturated rings. The Morgan fingerprint density at radius 2 is 1.70 bits per heavy atom. The van der Waals surface area contributed by atoms with Crippen molar-refractivity contribution in [2.75, 3.05) is 32.8 Å². The summed E-state index contributed by atoms with van der Waals surface area (Å²) in [7, 11) is 0. The maximum atomic E-state index is 12.7. The predicted molar refractivity (Wildman–Crippen MR) is 78.6 cm³/mol. The van der Waals surface area contributed by atoms with E-state index in [1.165, 1.54) is 38.5 Å². The smallest absolute Gasteiger partial charge is 0.237 e. The Morgan fingerprint density at radius 1 is 0.950 bits per heavy atom. The van der Waals surface area contributed by atoms with Gasteiger partial charge in [0.25, 0.3) is 0 Å². The summed E-state index contributed by atoms with van der Waals surface area (Å²) in [6, 6.07) is 0.358. The number of nitrogens with zero attached hydrogens (tertiary/aromatic N) is 2. The summed E-state index contributed by atoms with van der Waals surface area (Å²) in [5.74, 6) is 0.340. The minimum Gasteiger partial charge on any atom is -0.374 e. The topological polar surface area (TPSA) is 32.8 Å². The largest absolute Gasteiger partial charge is 0.374 e. The Morgan fingerprint density at radius 3 is 2.50 bits per heavy atom. The summed E-state index contributed by atoms with van der Waals surface area (Å²) in [4.78, 5) is 17.2. The van der Waals surface area contributed by atoms with Gasteiger partial charge in [-0.05, 0) is 38.8 Å². The summed E-state index contributed by atoms with van der Waals surface area (Å²) in [6.07, 6.45) is 10.2. The van der Waals surface area contributed by atoms with Crippen LogP contribution in [0.5, 0.6) is 0 Å². The van der Waals surface area contributed by atoms with Gasteiger partial charge in [-0.3, -0.25) is 9.69 Å². The van der Waals surface area contributed by atoms with Crippen LogP contribution in [-0.2, 0) is 9.53 Å². The van der Waals surface area contributed by atoms with E-state index in [1.807, 2.05) is 0 Å². The van der Waals surface area contributed by atoms with Crippen LogP contribution in [-0.4, -0.2) is 60.6 Å². The Kier molecular flexibility index (Phi) is 4.94. The number of morpholine rings is 1. The van der Waals surface area contributed by atoms with Gasteiger partial charge in [-0.15, -0.1) is 0 Å². The maximum absolute atomic E-state index is 12.7. The molecule has 0 aromatic carbocycles. The number of fused-ring (bicyclic) bond motifs is 1. The number of carbonyl (C=O) groups is 1. The van der Waals surface area contributed by atoms with Crippen molar-refractivity contribution in [3.8, 4) is 0 Å². The molecule has 1 amide bonds. The molecule has 114 valence electrons. The molecule has 4 heteroatoms. The Bertz CT molecular complexity index is 324. The van der Waals surface area contributed by atoms with Crippen LogP contribution in [0, 0.1) is 0 Å². The van der Waals surface area contributed by atoms with Crippen molar-refractivity contribution in [3.05, 3.63) is 0 Å². The van der Waals surface area contributed by atoms with Gasteiger partial charge in [-0.2, -0.15) is 0 Å². The molecule has 20 heavy (non-hydrogen) atoms. The molecule has 0 N–H and O–H groups in total. The van der Waals surface area contributed by atoms with Crippen LogP contribution < -0.4 is 0 Å². The van der Waals surface area contributed by atoms with E-state index in [2.05, 4.69) is 9.80 Å². The molecule has 1 saturated carbocycles. The molecular weight excluding hydrogens is 252 g/mol. The Labute approximate surface area is 122 Å². The second-order valence-corrected chi connectivity index (χ2v) is 6.54. The van der Waals surface area contributed by atoms with Crippen molar-refractivity contribution in [1.82, 2.24) is 9.80 Å². The first-order valence-corrected chi connectivity index (χ1v) is 8.48. The summed E-state index contributed by atoms with van der Waals surface area (Å²) in [6.45, 7) is 4.36. The van der Waals surface area contributed by atoms with E-state index in [0.717, 1.165) is 39.1 Å². The Balaban J connectivity index is 1.57. The van der Waals surface area contributed by atoms with E-state index in [1.54, 1.807) is 0 Å². The van der Waals surface area contributed by atoms with E-state index in [0.29, 0.717) is 24.6 Å². The fourth-order valence-corrected chi connectivity index (χ4v) is 3.98. The first-order valence-electron chi connectivity index (χ1n) is 8.48. The van der Waals surface area contributed by atoms with Crippen LogP contribution in [0.1, 0.15) is 51.4 Å². The zero-order valence-electron chi connectivity index (χ0n) is 12.6. The average molecular weight is 280 g/mol. The lowest BCUT2D eigenvalue weighted by atomic mass is 9.90. The fraction of sp³-hybridized carbons (Fsp3) is 0.938. The molecule has 1 aliphatic carbocycles. The SMILES string of the molecule is O=C(CN1CCCCCC1)N1CCOC2CCCCC21. The number of hydrogen-bond donors (Lipinski definition) is 0. The molecule has 0 spiro atoms. The van der Waals surface area contributed by atoms with Crippen LogP contribution in [0.3, 0.4) is 0 Å². The third kappa shape index (κ3) is 3.34. The minimum absolute atomic E-state index is 0.311. The first kappa shape index (κ1) is 14.3. The van der Waals surface area contributed by atoms with Crippen molar-refractivity contribution >= 4 is 5.91 Å². The number of ether oxygens (including phenoxy) is 1. The van der Waals surface area contributed by atoms with Gasteiger partial charge in [0, 0.05) is 6.54 Å². The average Bonchev–Trinajstić information content (AvgIpc) is 2.75. The lowest BCUT2D eigenvalue weighted by Crippen LogP contribution is -2.56. The van der Waals surface area contributed by atoms with Gasteiger partial charge in [-0.1, -0.05) is 25.7 Å². The molecule has 2 aliphatic heterocycles. The van der Waals surface area contributed by atoms with Crippen molar-refractivity contribution in [2.24, 2.45) is 0 Å². The second-order valence-electron chi connectivity index (χ2n) is 6.54. The quantitative estimate of drug-likeness (QED) is 0.776. The number of carbonyl (C=O) groups excluding carboxylic acids is 1. The van der Waals surface area contributed by atoms with E-state index in [-0.39, 0.29) is 0 Å². The van der Waals surface area contributed by atoms with Gasteiger partial charge in [-0.25, -0.2) is 0 Å². The molecular formula is C16H28N2O2. The lowest BCUT2D eigenvalue weighted by molar-refractivity contribution is -0.150. The van der Waals surface area contributed by atoms with Crippen LogP contribution in [0.4, 0.5) is 0 Å². The minimum atomic E-state index is 0.311. The van der Waals surface area contributed by atoms with Crippen molar-refractivity contribution in [2.45, 2.75) is 63.5 Å². The monoisotopic (exact) mass is 280 g/mol. The van der Waals surface area contributed by atoms with E-state index in [4.69, 9.17) is 4.74 Å². The first-order chi connectivity index (χ1) is 9.84. The van der Waals surface area contributed by atoms with E-state index in [9.17, 15) is 4.79 Å². The second kappa shape index (κ2) is 6.90. The number of rotatable bonds is 2. The predicted octanol–water partition coefficient (Wildman–Crippen LogP) is 2.03. The summed E-state index contributed by atoms with van der Waals surface area (Å²) in [5, 5.41) is 0. The highest BCUT2D eigenvalue weighted by Gasteiger charge is 2.36. The molecule has 3 aliphatic rings. The molecule has 4 nitrogen and oxygen atoms in total. The van der Waals surface area contributed by atoms with Crippen LogP contribution in [0.15, 0.2) is 0 Å². The summed E-state index contributed by atoms with van der Waals surface area (Å²) >= 11 is 0. The standard InChI is InChI=1S/C16H28N2O2/c19-16(13-17-9-5-1-2-6-10-17)18-11-12-20-15-8-4-3-7-14(15)18/h14-15H,1-13H2. The maximum Gasteiger partial charge on any atom is 0.237 e. The molecule has 3 rings (SSSR count). The lowest BCUT2D eigenvalue weighted by Gasteiger charge is -2.44. The number of likely N-dealkylation sites (tertiary alicyclic amines) is 1. The van der Waals surface area contributed by atoms with E-state index >= 15 is 0 Å². The van der Waals surface area contributed by atoms with Gasteiger partial charge < -0.3 is 9.64 Å². The molecule has 0 bridgehead atoms. The molecule has 2 saturated heterocycles. The van der Waals surface area contributed by atoms with E-state index < -0.39 is 0 Å². The molecule has 0 aromatic heterocycles. The molecule has 2 atom stereocenters. The van der Waals surface area contributed by atoms with Crippen LogP contribution >= 0.6 is 0 Å². The van der Waals surface area contributed by atoms with Gasteiger partial charge in [0.15, 0.2) is 0 Å². The van der Waals surface area contributed by atoms with Gasteiger partial charge in [0.1, 0.15) is 0 Å². The number of amides is 1.